The Bertz CT molecular complexity index is 1180. The van der Waals surface area contributed by atoms with E-state index in [0.29, 0.717) is 33.1 Å². The molecule has 2 aromatic carbocycles. The van der Waals surface area contributed by atoms with Crippen molar-refractivity contribution in [2.75, 3.05) is 20.3 Å². The lowest BCUT2D eigenvalue weighted by molar-refractivity contribution is -0.479. The standard InChI is InChI=1S/C23H25ClN4O4S/c1-6-9-32-22-19(24)11-17(12-20(22)31-5)21(13-27(29)30)33-23-26-25-16(4)28(23)18-8-7-14(2)15(3)10-18/h6-8,10-12,21H,1,9,13H2,2-5H3/t21-/m0/s1. The molecular weight excluding hydrogens is 464 g/mol. The van der Waals surface area contributed by atoms with Crippen LogP contribution in [0.25, 0.3) is 5.69 Å². The third-order valence-corrected chi connectivity index (χ3v) is 6.54. The third-order valence-electron chi connectivity index (χ3n) is 5.08. The molecule has 174 valence electrons. The minimum absolute atomic E-state index is 0.251. The van der Waals surface area contributed by atoms with Gasteiger partial charge in [-0.05, 0) is 61.7 Å². The second-order valence-electron chi connectivity index (χ2n) is 7.39. The van der Waals surface area contributed by atoms with Gasteiger partial charge in [-0.2, -0.15) is 0 Å². The van der Waals surface area contributed by atoms with E-state index in [2.05, 4.69) is 16.8 Å². The van der Waals surface area contributed by atoms with Crippen LogP contribution in [0.4, 0.5) is 0 Å². The Labute approximate surface area is 201 Å². The average Bonchev–Trinajstić information content (AvgIpc) is 3.13. The molecule has 0 N–H and O–H groups in total. The highest BCUT2D eigenvalue weighted by Gasteiger charge is 2.26. The maximum absolute atomic E-state index is 11.5. The van der Waals surface area contributed by atoms with Gasteiger partial charge in [-0.1, -0.05) is 42.1 Å². The van der Waals surface area contributed by atoms with Crippen molar-refractivity contribution in [1.82, 2.24) is 14.8 Å². The smallest absolute Gasteiger partial charge is 0.220 e. The van der Waals surface area contributed by atoms with E-state index in [1.807, 2.05) is 43.5 Å². The quantitative estimate of drug-likeness (QED) is 0.160. The van der Waals surface area contributed by atoms with Crippen LogP contribution < -0.4 is 9.47 Å². The van der Waals surface area contributed by atoms with Crippen molar-refractivity contribution in [2.45, 2.75) is 31.2 Å². The van der Waals surface area contributed by atoms with Crippen molar-refractivity contribution in [3.05, 3.63) is 80.6 Å². The summed E-state index contributed by atoms with van der Waals surface area (Å²) in [7, 11) is 1.49. The monoisotopic (exact) mass is 488 g/mol. The Morgan fingerprint density at radius 2 is 2.00 bits per heavy atom. The number of aryl methyl sites for hydroxylation is 3. The largest absolute Gasteiger partial charge is 0.493 e. The van der Waals surface area contributed by atoms with Gasteiger partial charge in [0.05, 0.1) is 12.1 Å². The van der Waals surface area contributed by atoms with Gasteiger partial charge in [0.15, 0.2) is 16.7 Å². The van der Waals surface area contributed by atoms with Gasteiger partial charge in [0.25, 0.3) is 0 Å². The Morgan fingerprint density at radius 1 is 1.24 bits per heavy atom. The predicted octanol–water partition coefficient (Wildman–Crippen LogP) is 5.53. The summed E-state index contributed by atoms with van der Waals surface area (Å²) in [5, 5.41) is 20.3. The number of ether oxygens (including phenoxy) is 2. The molecule has 10 heteroatoms. The van der Waals surface area contributed by atoms with E-state index in [-0.39, 0.29) is 18.1 Å². The summed E-state index contributed by atoms with van der Waals surface area (Å²) in [6.07, 6.45) is 1.59. The normalized spacial score (nSPS) is 11.8. The van der Waals surface area contributed by atoms with Crippen molar-refractivity contribution < 1.29 is 14.4 Å². The first-order valence-electron chi connectivity index (χ1n) is 10.1. The van der Waals surface area contributed by atoms with Crippen LogP contribution in [0.3, 0.4) is 0 Å². The zero-order chi connectivity index (χ0) is 24.1. The average molecular weight is 489 g/mol. The molecule has 0 aliphatic heterocycles. The topological polar surface area (TPSA) is 92.3 Å². The summed E-state index contributed by atoms with van der Waals surface area (Å²) in [4.78, 5) is 11.2. The summed E-state index contributed by atoms with van der Waals surface area (Å²) in [6.45, 7) is 9.47. The van der Waals surface area contributed by atoms with Crippen molar-refractivity contribution in [2.24, 2.45) is 0 Å². The van der Waals surface area contributed by atoms with Crippen molar-refractivity contribution >= 4 is 23.4 Å². The predicted molar refractivity (Wildman–Crippen MR) is 130 cm³/mol. The van der Waals surface area contributed by atoms with E-state index in [9.17, 15) is 10.1 Å². The molecule has 0 spiro atoms. The zero-order valence-electron chi connectivity index (χ0n) is 18.9. The highest BCUT2D eigenvalue weighted by Crippen LogP contribution is 2.43. The minimum atomic E-state index is -0.589. The number of rotatable bonds is 10. The summed E-state index contributed by atoms with van der Waals surface area (Å²) in [5.74, 6) is 1.44. The lowest BCUT2D eigenvalue weighted by Crippen LogP contribution is -2.12. The molecule has 0 amide bonds. The van der Waals surface area contributed by atoms with Gasteiger partial charge in [0.1, 0.15) is 17.7 Å². The Kier molecular flexibility index (Phi) is 7.99. The maximum Gasteiger partial charge on any atom is 0.220 e. The molecule has 33 heavy (non-hydrogen) atoms. The third kappa shape index (κ3) is 5.66. The Hall–Kier alpha value is -3.04. The SMILES string of the molecule is C=CCOc1c(Cl)cc([C@H](C[N+](=O)[O-])Sc2nnc(C)n2-c2ccc(C)c(C)c2)cc1OC. The van der Waals surface area contributed by atoms with Crippen LogP contribution >= 0.6 is 23.4 Å². The fraction of sp³-hybridized carbons (Fsp3) is 0.304. The molecule has 1 heterocycles. The molecule has 8 nitrogen and oxygen atoms in total. The molecule has 0 aliphatic carbocycles. The van der Waals surface area contributed by atoms with Crippen molar-refractivity contribution in [1.29, 1.82) is 0 Å². The van der Waals surface area contributed by atoms with Crippen LogP contribution in [0.15, 0.2) is 48.1 Å². The highest BCUT2D eigenvalue weighted by atomic mass is 35.5. The molecule has 1 aromatic heterocycles. The summed E-state index contributed by atoms with van der Waals surface area (Å²) >= 11 is 7.70. The fourth-order valence-corrected chi connectivity index (χ4v) is 4.69. The zero-order valence-corrected chi connectivity index (χ0v) is 20.4. The van der Waals surface area contributed by atoms with Crippen LogP contribution in [-0.4, -0.2) is 39.9 Å². The number of hydrogen-bond acceptors (Lipinski definition) is 7. The summed E-state index contributed by atoms with van der Waals surface area (Å²) in [6, 6.07) is 9.42. The van der Waals surface area contributed by atoms with E-state index in [0.717, 1.165) is 11.3 Å². The fourth-order valence-electron chi connectivity index (χ4n) is 3.26. The van der Waals surface area contributed by atoms with Crippen LogP contribution in [0.2, 0.25) is 5.02 Å². The summed E-state index contributed by atoms with van der Waals surface area (Å²) < 4.78 is 12.9. The molecule has 0 radical (unpaired) electrons. The van der Waals surface area contributed by atoms with Crippen molar-refractivity contribution in [3.8, 4) is 17.2 Å². The molecule has 0 saturated heterocycles. The number of benzene rings is 2. The van der Waals surface area contributed by atoms with Gasteiger partial charge >= 0.3 is 0 Å². The number of halogens is 1. The van der Waals surface area contributed by atoms with Gasteiger partial charge in [0, 0.05) is 10.6 Å². The first kappa shape index (κ1) is 24.6. The molecule has 3 aromatic rings. The van der Waals surface area contributed by atoms with Crippen LogP contribution in [0.1, 0.15) is 27.8 Å². The number of aromatic nitrogens is 3. The number of nitro groups is 1. The molecule has 0 unspecified atom stereocenters. The minimum Gasteiger partial charge on any atom is -0.493 e. The lowest BCUT2D eigenvalue weighted by Gasteiger charge is -2.18. The van der Waals surface area contributed by atoms with Crippen LogP contribution in [0, 0.1) is 30.9 Å². The molecule has 3 rings (SSSR count). The number of hydrogen-bond donors (Lipinski definition) is 0. The molecule has 0 fully saturated rings. The van der Waals surface area contributed by atoms with E-state index in [4.69, 9.17) is 21.1 Å². The van der Waals surface area contributed by atoms with Gasteiger partial charge < -0.3 is 9.47 Å². The van der Waals surface area contributed by atoms with Crippen LogP contribution in [0.5, 0.6) is 11.5 Å². The molecule has 0 saturated carbocycles. The van der Waals surface area contributed by atoms with Crippen LogP contribution in [-0.2, 0) is 0 Å². The van der Waals surface area contributed by atoms with Crippen molar-refractivity contribution in [3.63, 3.8) is 0 Å². The molecule has 0 bridgehead atoms. The first-order chi connectivity index (χ1) is 15.7. The summed E-state index contributed by atoms with van der Waals surface area (Å²) in [5.41, 5.74) is 3.82. The number of nitrogens with zero attached hydrogens (tertiary/aromatic N) is 4. The van der Waals surface area contributed by atoms with Gasteiger partial charge in [-0.25, -0.2) is 0 Å². The highest BCUT2D eigenvalue weighted by molar-refractivity contribution is 7.99. The second-order valence-corrected chi connectivity index (χ2v) is 8.97. The lowest BCUT2D eigenvalue weighted by atomic mass is 10.1. The van der Waals surface area contributed by atoms with Gasteiger partial charge in [-0.3, -0.25) is 14.7 Å². The molecule has 1 atom stereocenters. The second kappa shape index (κ2) is 10.7. The van der Waals surface area contributed by atoms with E-state index < -0.39 is 5.25 Å². The number of methoxy groups -OCH3 is 1. The van der Waals surface area contributed by atoms with E-state index in [1.165, 1.54) is 24.4 Å². The Morgan fingerprint density at radius 3 is 2.64 bits per heavy atom. The van der Waals surface area contributed by atoms with E-state index >= 15 is 0 Å². The Balaban J connectivity index is 2.03. The number of thioether (sulfide) groups is 1. The maximum atomic E-state index is 11.5. The molecular formula is C23H25ClN4O4S. The molecule has 0 aliphatic rings. The van der Waals surface area contributed by atoms with Gasteiger partial charge in [0.2, 0.25) is 6.54 Å². The van der Waals surface area contributed by atoms with E-state index in [1.54, 1.807) is 18.2 Å². The van der Waals surface area contributed by atoms with Gasteiger partial charge in [-0.15, -0.1) is 10.2 Å². The first-order valence-corrected chi connectivity index (χ1v) is 11.4.